The minimum absolute atomic E-state index is 0.0560. The summed E-state index contributed by atoms with van der Waals surface area (Å²) in [6.45, 7) is 0.491. The number of aliphatic hydroxyl groups is 1. The average Bonchev–Trinajstić information content (AvgIpc) is 2.89. The second-order valence-corrected chi connectivity index (χ2v) is 4.30. The van der Waals surface area contributed by atoms with Crippen LogP contribution in [0.25, 0.3) is 10.8 Å². The lowest BCUT2D eigenvalue weighted by Crippen LogP contribution is -2.25. The van der Waals surface area contributed by atoms with Crippen molar-refractivity contribution in [2.45, 2.75) is 6.42 Å². The predicted molar refractivity (Wildman–Crippen MR) is 67.2 cm³/mol. The van der Waals surface area contributed by atoms with Gasteiger partial charge in [0.1, 0.15) is 5.69 Å². The summed E-state index contributed by atoms with van der Waals surface area (Å²) in [5.41, 5.74) is 0.348. The topological polar surface area (TPSA) is 88.0 Å². The van der Waals surface area contributed by atoms with E-state index in [1.807, 2.05) is 0 Å². The standard InChI is InChI=1S/C11H12N4O2S/c16-6-2-5-14-10(17)8-7-18-11(15-8)9-12-3-1-4-13-9/h1,3-4,7,16H,2,5-6H2,(H,14,17). The Morgan fingerprint density at radius 1 is 1.39 bits per heavy atom. The summed E-state index contributed by atoms with van der Waals surface area (Å²) in [4.78, 5) is 24.0. The molecule has 0 bridgehead atoms. The van der Waals surface area contributed by atoms with Gasteiger partial charge in [0, 0.05) is 30.9 Å². The van der Waals surface area contributed by atoms with Crippen molar-refractivity contribution in [1.29, 1.82) is 0 Å². The summed E-state index contributed by atoms with van der Waals surface area (Å²) >= 11 is 1.32. The van der Waals surface area contributed by atoms with E-state index in [1.54, 1.807) is 23.8 Å². The monoisotopic (exact) mass is 264 g/mol. The van der Waals surface area contributed by atoms with Gasteiger partial charge in [-0.05, 0) is 12.5 Å². The lowest BCUT2D eigenvalue weighted by Gasteiger charge is -2.00. The number of nitrogens with one attached hydrogen (secondary N) is 1. The van der Waals surface area contributed by atoms with Crippen molar-refractivity contribution >= 4 is 17.2 Å². The molecule has 18 heavy (non-hydrogen) atoms. The Bertz CT molecular complexity index is 515. The molecule has 6 nitrogen and oxygen atoms in total. The number of thiazole rings is 1. The minimum Gasteiger partial charge on any atom is -0.396 e. The summed E-state index contributed by atoms with van der Waals surface area (Å²) in [6.07, 6.45) is 3.79. The lowest BCUT2D eigenvalue weighted by atomic mass is 10.4. The maximum atomic E-state index is 11.7. The summed E-state index contributed by atoms with van der Waals surface area (Å²) in [6, 6.07) is 1.72. The molecule has 0 aromatic carbocycles. The first-order chi connectivity index (χ1) is 8.81. The molecule has 0 spiro atoms. The van der Waals surface area contributed by atoms with Crippen LogP contribution in [0.4, 0.5) is 0 Å². The van der Waals surface area contributed by atoms with Crippen molar-refractivity contribution < 1.29 is 9.90 Å². The molecule has 7 heteroatoms. The first-order valence-corrected chi connectivity index (χ1v) is 6.31. The van der Waals surface area contributed by atoms with Crippen molar-refractivity contribution in [2.75, 3.05) is 13.2 Å². The molecular weight excluding hydrogens is 252 g/mol. The van der Waals surface area contributed by atoms with Crippen molar-refractivity contribution in [3.8, 4) is 10.8 Å². The van der Waals surface area contributed by atoms with Crippen LogP contribution >= 0.6 is 11.3 Å². The molecule has 0 saturated carbocycles. The number of rotatable bonds is 5. The highest BCUT2D eigenvalue weighted by molar-refractivity contribution is 7.13. The largest absolute Gasteiger partial charge is 0.396 e. The zero-order valence-electron chi connectivity index (χ0n) is 9.54. The maximum Gasteiger partial charge on any atom is 0.270 e. The SMILES string of the molecule is O=C(NCCCO)c1csc(-c2ncccn2)n1. The fourth-order valence-electron chi connectivity index (χ4n) is 1.26. The van der Waals surface area contributed by atoms with E-state index in [0.29, 0.717) is 29.5 Å². The Balaban J connectivity index is 2.04. The van der Waals surface area contributed by atoms with E-state index in [9.17, 15) is 4.79 Å². The van der Waals surface area contributed by atoms with Gasteiger partial charge in [0.25, 0.3) is 5.91 Å². The third-order valence-electron chi connectivity index (χ3n) is 2.11. The number of aromatic nitrogens is 3. The second kappa shape index (κ2) is 6.18. The van der Waals surface area contributed by atoms with Gasteiger partial charge < -0.3 is 10.4 Å². The van der Waals surface area contributed by atoms with Crippen molar-refractivity contribution in [2.24, 2.45) is 0 Å². The normalized spacial score (nSPS) is 10.3. The third-order valence-corrected chi connectivity index (χ3v) is 2.95. The quantitative estimate of drug-likeness (QED) is 0.777. The molecule has 2 aromatic heterocycles. The smallest absolute Gasteiger partial charge is 0.270 e. The molecule has 2 heterocycles. The Morgan fingerprint density at radius 3 is 2.89 bits per heavy atom. The average molecular weight is 264 g/mol. The summed E-state index contributed by atoms with van der Waals surface area (Å²) in [5.74, 6) is 0.263. The molecule has 2 N–H and O–H groups in total. The molecule has 0 aliphatic carbocycles. The van der Waals surface area contributed by atoms with Crippen LogP contribution in [0.3, 0.4) is 0 Å². The van der Waals surface area contributed by atoms with Gasteiger partial charge in [-0.3, -0.25) is 4.79 Å². The first-order valence-electron chi connectivity index (χ1n) is 5.43. The van der Waals surface area contributed by atoms with E-state index in [1.165, 1.54) is 11.3 Å². The van der Waals surface area contributed by atoms with Crippen LogP contribution in [0.2, 0.25) is 0 Å². The van der Waals surface area contributed by atoms with E-state index < -0.39 is 0 Å². The van der Waals surface area contributed by atoms with Crippen LogP contribution in [-0.2, 0) is 0 Å². The van der Waals surface area contributed by atoms with Crippen LogP contribution in [0.1, 0.15) is 16.9 Å². The number of carbonyl (C=O) groups excluding carboxylic acids is 1. The number of aliphatic hydroxyl groups excluding tert-OH is 1. The van der Waals surface area contributed by atoms with Crippen molar-refractivity contribution in [1.82, 2.24) is 20.3 Å². The van der Waals surface area contributed by atoms with E-state index in [4.69, 9.17) is 5.11 Å². The second-order valence-electron chi connectivity index (χ2n) is 3.44. The van der Waals surface area contributed by atoms with Gasteiger partial charge in [-0.1, -0.05) is 0 Å². The summed E-state index contributed by atoms with van der Waals surface area (Å²) in [7, 11) is 0. The molecule has 0 radical (unpaired) electrons. The highest BCUT2D eigenvalue weighted by Crippen LogP contribution is 2.19. The molecule has 0 atom stereocenters. The Morgan fingerprint density at radius 2 is 2.17 bits per heavy atom. The predicted octanol–water partition coefficient (Wildman–Crippen LogP) is 0.712. The van der Waals surface area contributed by atoms with E-state index in [2.05, 4.69) is 20.3 Å². The molecule has 0 saturated heterocycles. The first kappa shape index (κ1) is 12.6. The van der Waals surface area contributed by atoms with Crippen LogP contribution in [0.15, 0.2) is 23.8 Å². The van der Waals surface area contributed by atoms with E-state index in [-0.39, 0.29) is 12.5 Å². The number of amides is 1. The highest BCUT2D eigenvalue weighted by atomic mass is 32.1. The van der Waals surface area contributed by atoms with Gasteiger partial charge in [0.05, 0.1) is 0 Å². The van der Waals surface area contributed by atoms with Gasteiger partial charge in [0.2, 0.25) is 0 Å². The van der Waals surface area contributed by atoms with Gasteiger partial charge in [0.15, 0.2) is 10.8 Å². The van der Waals surface area contributed by atoms with Crippen molar-refractivity contribution in [3.63, 3.8) is 0 Å². The minimum atomic E-state index is -0.248. The zero-order valence-corrected chi connectivity index (χ0v) is 10.4. The molecule has 94 valence electrons. The zero-order chi connectivity index (χ0) is 12.8. The van der Waals surface area contributed by atoms with Crippen LogP contribution in [0, 0.1) is 0 Å². The van der Waals surface area contributed by atoms with Gasteiger partial charge in [-0.25, -0.2) is 15.0 Å². The summed E-state index contributed by atoms with van der Waals surface area (Å²) in [5, 5.41) is 13.6. The molecule has 0 aliphatic heterocycles. The molecule has 2 rings (SSSR count). The number of carbonyl (C=O) groups is 1. The maximum absolute atomic E-state index is 11.7. The van der Waals surface area contributed by atoms with Crippen LogP contribution in [0.5, 0.6) is 0 Å². The number of nitrogens with zero attached hydrogens (tertiary/aromatic N) is 3. The number of hydrogen-bond donors (Lipinski definition) is 2. The van der Waals surface area contributed by atoms with Gasteiger partial charge >= 0.3 is 0 Å². The molecule has 0 fully saturated rings. The molecule has 0 aliphatic rings. The Kier molecular flexibility index (Phi) is 4.32. The van der Waals surface area contributed by atoms with Crippen LogP contribution < -0.4 is 5.32 Å². The Hall–Kier alpha value is -1.86. The third kappa shape index (κ3) is 3.08. The van der Waals surface area contributed by atoms with Crippen LogP contribution in [-0.4, -0.2) is 39.1 Å². The summed E-state index contributed by atoms with van der Waals surface area (Å²) < 4.78 is 0. The number of hydrogen-bond acceptors (Lipinski definition) is 6. The molecule has 0 unspecified atom stereocenters. The van der Waals surface area contributed by atoms with E-state index >= 15 is 0 Å². The molecular formula is C11H12N4O2S. The lowest BCUT2D eigenvalue weighted by molar-refractivity contribution is 0.0947. The van der Waals surface area contributed by atoms with Gasteiger partial charge in [-0.15, -0.1) is 11.3 Å². The van der Waals surface area contributed by atoms with E-state index in [0.717, 1.165) is 0 Å². The Labute approximate surface area is 108 Å². The van der Waals surface area contributed by atoms with Gasteiger partial charge in [-0.2, -0.15) is 0 Å². The molecule has 2 aromatic rings. The molecule has 1 amide bonds. The highest BCUT2D eigenvalue weighted by Gasteiger charge is 2.12. The fraction of sp³-hybridized carbons (Fsp3) is 0.273. The van der Waals surface area contributed by atoms with Crippen molar-refractivity contribution in [3.05, 3.63) is 29.5 Å². The fourth-order valence-corrected chi connectivity index (χ4v) is 2.01.